The Bertz CT molecular complexity index is 385. The molecule has 0 aliphatic rings. The second-order valence-corrected chi connectivity index (χ2v) is 2.86. The first-order valence-electron chi connectivity index (χ1n) is 4.57. The van der Waals surface area contributed by atoms with Crippen LogP contribution in [0.4, 0.5) is 0 Å². The fourth-order valence-electron chi connectivity index (χ4n) is 1.12. The van der Waals surface area contributed by atoms with Gasteiger partial charge in [-0.05, 0) is 19.1 Å². The number of hydrogen-bond acceptors (Lipinski definition) is 3. The van der Waals surface area contributed by atoms with Gasteiger partial charge in [-0.1, -0.05) is 12.1 Å². The quantitative estimate of drug-likeness (QED) is 0.730. The fourth-order valence-corrected chi connectivity index (χ4v) is 1.12. The highest BCUT2D eigenvalue weighted by molar-refractivity contribution is 5.90. The average molecular weight is 207 g/mol. The number of para-hydroxylation sites is 1. The smallest absolute Gasteiger partial charge is 0.241 e. The Kier molecular flexibility index (Phi) is 3.74. The molecule has 1 amide bonds. The van der Waals surface area contributed by atoms with Crippen molar-refractivity contribution in [3.8, 4) is 11.5 Å². The van der Waals surface area contributed by atoms with Gasteiger partial charge < -0.3 is 15.6 Å². The Morgan fingerprint density at radius 3 is 2.93 bits per heavy atom. The van der Waals surface area contributed by atoms with Crippen LogP contribution in [0, 0.1) is 0 Å². The summed E-state index contributed by atoms with van der Waals surface area (Å²) in [6, 6.07) is 5.04. The highest BCUT2D eigenvalue weighted by atomic mass is 16.5. The summed E-state index contributed by atoms with van der Waals surface area (Å²) in [4.78, 5) is 10.5. The minimum atomic E-state index is -0.559. The zero-order chi connectivity index (χ0) is 11.3. The number of phenolic OH excluding ortho intramolecular Hbond substituents is 1. The molecule has 3 N–H and O–H groups in total. The number of primary amides is 1. The molecule has 4 heteroatoms. The van der Waals surface area contributed by atoms with Gasteiger partial charge in [-0.15, -0.1) is 0 Å². The first-order chi connectivity index (χ1) is 7.15. The molecule has 0 atom stereocenters. The van der Waals surface area contributed by atoms with E-state index >= 15 is 0 Å². The van der Waals surface area contributed by atoms with Crippen LogP contribution in [0.1, 0.15) is 12.5 Å². The molecule has 1 aromatic rings. The van der Waals surface area contributed by atoms with Crippen molar-refractivity contribution in [3.05, 3.63) is 29.8 Å². The molecule has 15 heavy (non-hydrogen) atoms. The first kappa shape index (κ1) is 11.1. The van der Waals surface area contributed by atoms with Gasteiger partial charge in [0.1, 0.15) is 0 Å². The number of amides is 1. The van der Waals surface area contributed by atoms with Crippen LogP contribution in [0.5, 0.6) is 11.5 Å². The van der Waals surface area contributed by atoms with E-state index in [0.29, 0.717) is 17.9 Å². The van der Waals surface area contributed by atoms with Crippen LogP contribution in [0.2, 0.25) is 0 Å². The Morgan fingerprint density at radius 1 is 1.60 bits per heavy atom. The van der Waals surface area contributed by atoms with E-state index in [2.05, 4.69) is 0 Å². The summed E-state index contributed by atoms with van der Waals surface area (Å²) in [7, 11) is 0. The monoisotopic (exact) mass is 207 g/mol. The predicted octanol–water partition coefficient (Wildman–Crippen LogP) is 1.29. The van der Waals surface area contributed by atoms with Crippen molar-refractivity contribution in [1.29, 1.82) is 0 Å². The molecule has 1 aromatic carbocycles. The van der Waals surface area contributed by atoms with Gasteiger partial charge in [0.25, 0.3) is 0 Å². The molecule has 0 bridgehead atoms. The van der Waals surface area contributed by atoms with E-state index in [-0.39, 0.29) is 5.75 Å². The lowest BCUT2D eigenvalue weighted by atomic mass is 10.1. The van der Waals surface area contributed by atoms with Gasteiger partial charge in [0, 0.05) is 11.6 Å². The van der Waals surface area contributed by atoms with E-state index < -0.39 is 5.91 Å². The van der Waals surface area contributed by atoms with E-state index in [1.165, 1.54) is 12.2 Å². The summed E-state index contributed by atoms with van der Waals surface area (Å²) < 4.78 is 5.18. The number of carbonyl (C=O) groups is 1. The Morgan fingerprint density at radius 2 is 2.33 bits per heavy atom. The third kappa shape index (κ3) is 3.02. The molecular formula is C11H13NO3. The SMILES string of the molecule is CCOc1cccc(C=CC(N)=O)c1O. The maximum atomic E-state index is 10.5. The topological polar surface area (TPSA) is 72.5 Å². The zero-order valence-electron chi connectivity index (χ0n) is 8.43. The highest BCUT2D eigenvalue weighted by Crippen LogP contribution is 2.30. The van der Waals surface area contributed by atoms with Gasteiger partial charge in [-0.2, -0.15) is 0 Å². The predicted molar refractivity (Wildman–Crippen MR) is 57.5 cm³/mol. The molecule has 0 aliphatic heterocycles. The van der Waals surface area contributed by atoms with Crippen LogP contribution in [-0.2, 0) is 4.79 Å². The van der Waals surface area contributed by atoms with E-state index in [0.717, 1.165) is 0 Å². The maximum absolute atomic E-state index is 10.5. The lowest BCUT2D eigenvalue weighted by Crippen LogP contribution is -2.05. The number of aromatic hydroxyl groups is 1. The molecule has 0 saturated carbocycles. The van der Waals surface area contributed by atoms with E-state index in [1.54, 1.807) is 18.2 Å². The van der Waals surface area contributed by atoms with Gasteiger partial charge in [0.05, 0.1) is 6.61 Å². The molecule has 0 spiro atoms. The third-order valence-corrected chi connectivity index (χ3v) is 1.76. The Labute approximate surface area is 88.0 Å². The lowest BCUT2D eigenvalue weighted by Gasteiger charge is -2.07. The third-order valence-electron chi connectivity index (χ3n) is 1.76. The summed E-state index contributed by atoms with van der Waals surface area (Å²) >= 11 is 0. The van der Waals surface area contributed by atoms with Crippen LogP contribution in [0.15, 0.2) is 24.3 Å². The summed E-state index contributed by atoms with van der Waals surface area (Å²) in [6.07, 6.45) is 2.63. The molecule has 0 saturated heterocycles. The molecule has 4 nitrogen and oxygen atoms in total. The zero-order valence-corrected chi connectivity index (χ0v) is 8.43. The molecule has 0 unspecified atom stereocenters. The summed E-state index contributed by atoms with van der Waals surface area (Å²) in [5.74, 6) is -0.155. The molecule has 0 fully saturated rings. The van der Waals surface area contributed by atoms with Gasteiger partial charge in [0.2, 0.25) is 5.91 Å². The largest absolute Gasteiger partial charge is 0.504 e. The second-order valence-electron chi connectivity index (χ2n) is 2.86. The molecule has 80 valence electrons. The molecule has 0 aliphatic carbocycles. The van der Waals surface area contributed by atoms with Gasteiger partial charge >= 0.3 is 0 Å². The molecular weight excluding hydrogens is 194 g/mol. The normalized spacial score (nSPS) is 10.5. The average Bonchev–Trinajstić information content (AvgIpc) is 2.19. The maximum Gasteiger partial charge on any atom is 0.241 e. The van der Waals surface area contributed by atoms with Crippen LogP contribution >= 0.6 is 0 Å². The van der Waals surface area contributed by atoms with E-state index in [1.807, 2.05) is 6.92 Å². The van der Waals surface area contributed by atoms with Crippen molar-refractivity contribution in [1.82, 2.24) is 0 Å². The van der Waals surface area contributed by atoms with Crippen molar-refractivity contribution in [2.24, 2.45) is 5.73 Å². The van der Waals surface area contributed by atoms with Crippen molar-refractivity contribution < 1.29 is 14.6 Å². The van der Waals surface area contributed by atoms with Crippen LogP contribution < -0.4 is 10.5 Å². The number of hydrogen-bond donors (Lipinski definition) is 2. The van der Waals surface area contributed by atoms with Crippen molar-refractivity contribution >= 4 is 12.0 Å². The number of carbonyl (C=O) groups excluding carboxylic acids is 1. The highest BCUT2D eigenvalue weighted by Gasteiger charge is 2.04. The Hall–Kier alpha value is -1.97. The summed E-state index contributed by atoms with van der Waals surface area (Å²) in [5.41, 5.74) is 5.45. The van der Waals surface area contributed by atoms with Crippen molar-refractivity contribution in [2.75, 3.05) is 6.61 Å². The van der Waals surface area contributed by atoms with Gasteiger partial charge in [-0.3, -0.25) is 4.79 Å². The first-order valence-corrected chi connectivity index (χ1v) is 4.57. The number of ether oxygens (including phenoxy) is 1. The van der Waals surface area contributed by atoms with E-state index in [4.69, 9.17) is 10.5 Å². The summed E-state index contributed by atoms with van der Waals surface area (Å²) in [6.45, 7) is 2.29. The number of benzene rings is 1. The van der Waals surface area contributed by atoms with Crippen LogP contribution in [0.25, 0.3) is 6.08 Å². The second kappa shape index (κ2) is 5.05. The van der Waals surface area contributed by atoms with Gasteiger partial charge in [0.15, 0.2) is 11.5 Å². The molecule has 0 heterocycles. The standard InChI is InChI=1S/C11H13NO3/c1-2-15-9-5-3-4-8(11(9)14)6-7-10(12)13/h3-7,14H,2H2,1H3,(H2,12,13). The number of nitrogens with two attached hydrogens (primary N) is 1. The molecule has 0 aromatic heterocycles. The minimum absolute atomic E-state index is 0.0110. The van der Waals surface area contributed by atoms with Crippen LogP contribution in [-0.4, -0.2) is 17.6 Å². The summed E-state index contributed by atoms with van der Waals surface area (Å²) in [5, 5.41) is 9.70. The van der Waals surface area contributed by atoms with Crippen LogP contribution in [0.3, 0.4) is 0 Å². The van der Waals surface area contributed by atoms with Crippen molar-refractivity contribution in [3.63, 3.8) is 0 Å². The minimum Gasteiger partial charge on any atom is -0.504 e. The molecule has 1 rings (SSSR count). The van der Waals surface area contributed by atoms with Gasteiger partial charge in [-0.25, -0.2) is 0 Å². The lowest BCUT2D eigenvalue weighted by molar-refractivity contribution is -0.113. The Balaban J connectivity index is 2.98. The number of phenols is 1. The number of rotatable bonds is 4. The van der Waals surface area contributed by atoms with E-state index in [9.17, 15) is 9.90 Å². The van der Waals surface area contributed by atoms with Crippen molar-refractivity contribution in [2.45, 2.75) is 6.92 Å². The molecule has 0 radical (unpaired) electrons. The fraction of sp³-hybridized carbons (Fsp3) is 0.182.